The summed E-state index contributed by atoms with van der Waals surface area (Å²) < 4.78 is 13.3. The summed E-state index contributed by atoms with van der Waals surface area (Å²) in [5, 5.41) is 20.7. The summed E-state index contributed by atoms with van der Waals surface area (Å²) in [5.41, 5.74) is -0.512. The Morgan fingerprint density at radius 3 is 2.92 bits per heavy atom. The van der Waals surface area contributed by atoms with Crippen LogP contribution in [0.15, 0.2) is 23.4 Å². The van der Waals surface area contributed by atoms with Crippen LogP contribution in [-0.2, 0) is 11.2 Å². The smallest absolute Gasteiger partial charge is 0.306 e. The second kappa shape index (κ2) is 8.26. The van der Waals surface area contributed by atoms with Crippen LogP contribution >= 0.6 is 11.8 Å². The number of H-pyrrole nitrogens is 1. The molecule has 8 nitrogen and oxygen atoms in total. The van der Waals surface area contributed by atoms with Gasteiger partial charge in [-0.15, -0.1) is 5.10 Å². The molecule has 1 aromatic heterocycles. The molecule has 1 aliphatic rings. The van der Waals surface area contributed by atoms with Crippen molar-refractivity contribution in [2.45, 2.75) is 37.3 Å². The Morgan fingerprint density at radius 1 is 1.42 bits per heavy atom. The first-order chi connectivity index (χ1) is 12.5. The molecule has 1 fully saturated rings. The number of nitro groups is 1. The molecule has 2 aromatic rings. The number of aromatic amines is 1. The molecule has 0 bridgehead atoms. The van der Waals surface area contributed by atoms with Crippen molar-refractivity contribution < 1.29 is 14.1 Å². The summed E-state index contributed by atoms with van der Waals surface area (Å²) >= 11 is 1.17. The Kier molecular flexibility index (Phi) is 5.82. The van der Waals surface area contributed by atoms with Gasteiger partial charge < -0.3 is 5.32 Å². The van der Waals surface area contributed by atoms with Gasteiger partial charge >= 0.3 is 5.69 Å². The number of carbonyl (C=O) groups excluding carboxylic acids is 1. The average Bonchev–Trinajstić information content (AvgIpc) is 3.27. The molecule has 26 heavy (non-hydrogen) atoms. The van der Waals surface area contributed by atoms with Crippen molar-refractivity contribution in [3.8, 4) is 0 Å². The third kappa shape index (κ3) is 4.78. The highest BCUT2D eigenvalue weighted by Crippen LogP contribution is 2.27. The van der Waals surface area contributed by atoms with Gasteiger partial charge in [0.15, 0.2) is 0 Å². The highest BCUT2D eigenvalue weighted by Gasteiger charge is 2.18. The molecule has 0 saturated heterocycles. The summed E-state index contributed by atoms with van der Waals surface area (Å²) in [7, 11) is 0. The second-order valence-corrected chi connectivity index (χ2v) is 7.12. The van der Waals surface area contributed by atoms with E-state index in [1.165, 1.54) is 43.5 Å². The van der Waals surface area contributed by atoms with Crippen molar-refractivity contribution in [3.63, 3.8) is 0 Å². The summed E-state index contributed by atoms with van der Waals surface area (Å²) in [6.07, 6.45) is 5.84. The zero-order chi connectivity index (χ0) is 18.5. The number of benzene rings is 1. The van der Waals surface area contributed by atoms with Crippen molar-refractivity contribution in [3.05, 3.63) is 40.0 Å². The van der Waals surface area contributed by atoms with Gasteiger partial charge in [-0.2, -0.15) is 4.39 Å². The normalized spacial score (nSPS) is 14.5. The minimum Gasteiger partial charge on any atom is -0.325 e. The van der Waals surface area contributed by atoms with E-state index in [1.807, 2.05) is 0 Å². The average molecular weight is 379 g/mol. The van der Waals surface area contributed by atoms with Crippen LogP contribution in [0.3, 0.4) is 0 Å². The minimum absolute atomic E-state index is 0.0475. The third-order valence-electron chi connectivity index (χ3n) is 4.23. The van der Waals surface area contributed by atoms with Crippen molar-refractivity contribution in [1.82, 2.24) is 15.2 Å². The molecule has 0 spiro atoms. The number of rotatable bonds is 7. The van der Waals surface area contributed by atoms with Gasteiger partial charge in [0, 0.05) is 18.2 Å². The Balaban J connectivity index is 1.50. The van der Waals surface area contributed by atoms with Crippen molar-refractivity contribution in [1.29, 1.82) is 0 Å². The SMILES string of the molecule is O=C(CSc1n[nH]c(CC2CCCC2)n1)Nc1ccc(F)c([N+](=O)[O-])c1. The van der Waals surface area contributed by atoms with E-state index in [1.54, 1.807) is 0 Å². The lowest BCUT2D eigenvalue weighted by Crippen LogP contribution is -2.14. The standard InChI is InChI=1S/C16H18FN5O3S/c17-12-6-5-11(8-13(12)22(24)25)18-15(23)9-26-16-19-14(20-21-16)7-10-3-1-2-4-10/h5-6,8,10H,1-4,7,9H2,(H,18,23)(H,19,20,21). The number of nitro benzene ring substituents is 1. The maximum Gasteiger partial charge on any atom is 0.306 e. The number of nitrogens with zero attached hydrogens (tertiary/aromatic N) is 3. The number of hydrogen-bond donors (Lipinski definition) is 2. The molecule has 1 amide bonds. The summed E-state index contributed by atoms with van der Waals surface area (Å²) in [4.78, 5) is 26.2. The Hall–Kier alpha value is -2.49. The van der Waals surface area contributed by atoms with Crippen LogP contribution in [0.4, 0.5) is 15.8 Å². The molecule has 0 aliphatic heterocycles. The number of halogens is 1. The molecule has 138 valence electrons. The van der Waals surface area contributed by atoms with Crippen LogP contribution in [-0.4, -0.2) is 31.8 Å². The summed E-state index contributed by atoms with van der Waals surface area (Å²) in [5.74, 6) is 0.203. The number of nitrogens with one attached hydrogen (secondary N) is 2. The summed E-state index contributed by atoms with van der Waals surface area (Å²) in [6.45, 7) is 0. The molecule has 0 atom stereocenters. The molecule has 0 unspecified atom stereocenters. The first-order valence-electron chi connectivity index (χ1n) is 8.29. The molecule has 3 rings (SSSR count). The third-order valence-corrected chi connectivity index (χ3v) is 5.07. The lowest BCUT2D eigenvalue weighted by molar-refractivity contribution is -0.387. The molecular weight excluding hydrogens is 361 g/mol. The van der Waals surface area contributed by atoms with E-state index in [-0.39, 0.29) is 17.3 Å². The predicted octanol–water partition coefficient (Wildman–Crippen LogP) is 3.32. The number of aromatic nitrogens is 3. The second-order valence-electron chi connectivity index (χ2n) is 6.18. The van der Waals surface area contributed by atoms with Crippen LogP contribution < -0.4 is 5.32 Å². The zero-order valence-corrected chi connectivity index (χ0v) is 14.7. The largest absolute Gasteiger partial charge is 0.325 e. The number of hydrogen-bond acceptors (Lipinski definition) is 6. The highest BCUT2D eigenvalue weighted by molar-refractivity contribution is 7.99. The Labute approximate surface area is 153 Å². The van der Waals surface area contributed by atoms with Crippen molar-refractivity contribution in [2.75, 3.05) is 11.1 Å². The molecular formula is C16H18FN5O3S. The Bertz CT molecular complexity index is 807. The van der Waals surface area contributed by atoms with Crippen molar-refractivity contribution in [2.24, 2.45) is 5.92 Å². The number of anilines is 1. The molecule has 1 heterocycles. The van der Waals surface area contributed by atoms with E-state index >= 15 is 0 Å². The minimum atomic E-state index is -0.946. The van der Waals surface area contributed by atoms with Gasteiger partial charge in [0.1, 0.15) is 5.82 Å². The van der Waals surface area contributed by atoms with Crippen LogP contribution in [0.5, 0.6) is 0 Å². The lowest BCUT2D eigenvalue weighted by atomic mass is 10.0. The van der Waals surface area contributed by atoms with Gasteiger partial charge in [-0.05, 0) is 18.1 Å². The van der Waals surface area contributed by atoms with Gasteiger partial charge in [0.2, 0.25) is 16.9 Å². The molecule has 10 heteroatoms. The monoisotopic (exact) mass is 379 g/mol. The van der Waals surface area contributed by atoms with Crippen molar-refractivity contribution >= 4 is 29.0 Å². The van der Waals surface area contributed by atoms with Crippen LogP contribution in [0.2, 0.25) is 0 Å². The van der Waals surface area contributed by atoms with E-state index in [9.17, 15) is 19.3 Å². The van der Waals surface area contributed by atoms with Crippen LogP contribution in [0.1, 0.15) is 31.5 Å². The number of carbonyl (C=O) groups is 1. The maximum atomic E-state index is 13.3. The lowest BCUT2D eigenvalue weighted by Gasteiger charge is -2.04. The fourth-order valence-corrected chi connectivity index (χ4v) is 3.60. The molecule has 1 saturated carbocycles. The zero-order valence-electron chi connectivity index (χ0n) is 13.9. The van der Waals surface area contributed by atoms with E-state index < -0.39 is 16.4 Å². The first kappa shape index (κ1) is 18.3. The Morgan fingerprint density at radius 2 is 2.19 bits per heavy atom. The van der Waals surface area contributed by atoms with E-state index in [0.717, 1.165) is 24.4 Å². The molecule has 2 N–H and O–H groups in total. The number of thioether (sulfide) groups is 1. The quantitative estimate of drug-likeness (QED) is 0.433. The van der Waals surface area contributed by atoms with E-state index in [4.69, 9.17) is 0 Å². The first-order valence-corrected chi connectivity index (χ1v) is 9.27. The predicted molar refractivity (Wildman–Crippen MR) is 94.5 cm³/mol. The fraction of sp³-hybridized carbons (Fsp3) is 0.438. The topological polar surface area (TPSA) is 114 Å². The molecule has 1 aliphatic carbocycles. The van der Waals surface area contributed by atoms with E-state index in [2.05, 4.69) is 20.5 Å². The van der Waals surface area contributed by atoms with Crippen LogP contribution in [0, 0.1) is 21.8 Å². The molecule has 0 radical (unpaired) electrons. The van der Waals surface area contributed by atoms with Crippen LogP contribution in [0.25, 0.3) is 0 Å². The van der Waals surface area contributed by atoms with Gasteiger partial charge in [0.25, 0.3) is 0 Å². The van der Waals surface area contributed by atoms with E-state index in [0.29, 0.717) is 11.1 Å². The van der Waals surface area contributed by atoms with Gasteiger partial charge in [-0.25, -0.2) is 4.98 Å². The number of amides is 1. The summed E-state index contributed by atoms with van der Waals surface area (Å²) in [6, 6.07) is 3.22. The van der Waals surface area contributed by atoms with Gasteiger partial charge in [-0.1, -0.05) is 37.4 Å². The highest BCUT2D eigenvalue weighted by atomic mass is 32.2. The maximum absolute atomic E-state index is 13.3. The fourth-order valence-electron chi connectivity index (χ4n) is 2.98. The van der Waals surface area contributed by atoms with Gasteiger partial charge in [0.05, 0.1) is 10.7 Å². The van der Waals surface area contributed by atoms with Gasteiger partial charge in [-0.3, -0.25) is 20.0 Å². The molecule has 1 aromatic carbocycles.